The van der Waals surface area contributed by atoms with Crippen LogP contribution >= 0.6 is 0 Å². The molecular weight excluding hydrogens is 344 g/mol. The van der Waals surface area contributed by atoms with Gasteiger partial charge < -0.3 is 0 Å². The predicted octanol–water partition coefficient (Wildman–Crippen LogP) is 5.26. The van der Waals surface area contributed by atoms with Gasteiger partial charge in [-0.25, -0.2) is 17.6 Å². The van der Waals surface area contributed by atoms with Crippen LogP contribution in [0.3, 0.4) is 0 Å². The molecule has 3 aromatic carbocycles. The van der Waals surface area contributed by atoms with Crippen LogP contribution in [-0.2, 0) is 6.42 Å². The van der Waals surface area contributed by atoms with Crippen molar-refractivity contribution in [1.82, 2.24) is 0 Å². The molecule has 0 heterocycles. The minimum Gasteiger partial charge on any atom is -0.278 e. The summed E-state index contributed by atoms with van der Waals surface area (Å²) in [5, 5.41) is 3.70. The summed E-state index contributed by atoms with van der Waals surface area (Å²) < 4.78 is 53.6. The van der Waals surface area contributed by atoms with Crippen molar-refractivity contribution in [3.63, 3.8) is 0 Å². The number of hydrogen-bond acceptors (Lipinski definition) is 2. The van der Waals surface area contributed by atoms with Crippen LogP contribution in [0.15, 0.2) is 53.6 Å². The zero-order valence-electron chi connectivity index (χ0n) is 13.4. The highest BCUT2D eigenvalue weighted by atomic mass is 19.2. The van der Waals surface area contributed by atoms with Crippen LogP contribution in [0.5, 0.6) is 0 Å². The van der Waals surface area contributed by atoms with Gasteiger partial charge in [-0.2, -0.15) is 5.10 Å². The van der Waals surface area contributed by atoms with Crippen molar-refractivity contribution in [3.8, 4) is 11.1 Å². The Labute approximate surface area is 146 Å². The van der Waals surface area contributed by atoms with E-state index in [9.17, 15) is 17.6 Å². The van der Waals surface area contributed by atoms with Gasteiger partial charge in [-0.3, -0.25) is 5.43 Å². The minimum atomic E-state index is -1.49. The minimum absolute atomic E-state index is 0.160. The third kappa shape index (κ3) is 2.73. The Bertz CT molecular complexity index is 1020. The highest BCUT2D eigenvalue weighted by molar-refractivity contribution is 5.82. The quantitative estimate of drug-likeness (QED) is 0.230. The average molecular weight is 356 g/mol. The maximum atomic E-state index is 13.6. The molecule has 0 saturated carbocycles. The summed E-state index contributed by atoms with van der Waals surface area (Å²) in [6.45, 7) is 0. The Morgan fingerprint density at radius 3 is 2.27 bits per heavy atom. The fourth-order valence-corrected chi connectivity index (χ4v) is 3.09. The Morgan fingerprint density at radius 1 is 0.808 bits per heavy atom. The van der Waals surface area contributed by atoms with Crippen LogP contribution in [0, 0.1) is 23.3 Å². The molecule has 3 aromatic rings. The van der Waals surface area contributed by atoms with E-state index in [-0.39, 0.29) is 6.07 Å². The average Bonchev–Trinajstić information content (AvgIpc) is 3.00. The molecular formula is C20H12F4N2. The van der Waals surface area contributed by atoms with Gasteiger partial charge in [-0.1, -0.05) is 30.3 Å². The summed E-state index contributed by atoms with van der Waals surface area (Å²) in [6, 6.07) is 13.8. The lowest BCUT2D eigenvalue weighted by atomic mass is 10.1. The lowest BCUT2D eigenvalue weighted by Gasteiger charge is -2.05. The van der Waals surface area contributed by atoms with Crippen molar-refractivity contribution in [1.29, 1.82) is 0 Å². The molecule has 130 valence electrons. The number of hydrogen-bond donors (Lipinski definition) is 1. The number of hydrazone groups is 1. The molecule has 0 spiro atoms. The second kappa shape index (κ2) is 6.29. The van der Waals surface area contributed by atoms with E-state index in [2.05, 4.69) is 22.7 Å². The Hall–Kier alpha value is -3.15. The Kier molecular flexibility index (Phi) is 3.95. The van der Waals surface area contributed by atoms with E-state index >= 15 is 0 Å². The molecule has 1 aliphatic rings. The number of nitrogens with zero attached hydrogens (tertiary/aromatic N) is 1. The predicted molar refractivity (Wildman–Crippen MR) is 92.2 cm³/mol. The monoisotopic (exact) mass is 356 g/mol. The first kappa shape index (κ1) is 16.3. The van der Waals surface area contributed by atoms with Crippen molar-refractivity contribution < 1.29 is 17.6 Å². The first-order valence-corrected chi connectivity index (χ1v) is 7.88. The molecule has 1 N–H and O–H groups in total. The number of halogens is 4. The van der Waals surface area contributed by atoms with E-state index in [0.717, 1.165) is 23.8 Å². The Balaban J connectivity index is 1.57. The maximum Gasteiger partial charge on any atom is 0.170 e. The summed E-state index contributed by atoms with van der Waals surface area (Å²) in [5.41, 5.74) is 6.99. The van der Waals surface area contributed by atoms with Gasteiger partial charge >= 0.3 is 0 Å². The van der Waals surface area contributed by atoms with Crippen LogP contribution in [0.2, 0.25) is 0 Å². The van der Waals surface area contributed by atoms with Crippen molar-refractivity contribution in [2.45, 2.75) is 6.42 Å². The second-order valence-corrected chi connectivity index (χ2v) is 5.96. The molecule has 0 radical (unpaired) electrons. The fraction of sp³-hybridized carbons (Fsp3) is 0.0500. The third-order valence-electron chi connectivity index (χ3n) is 4.33. The molecule has 2 nitrogen and oxygen atoms in total. The molecule has 4 rings (SSSR count). The van der Waals surface area contributed by atoms with Gasteiger partial charge in [0, 0.05) is 6.07 Å². The number of fused-ring (bicyclic) bond motifs is 3. The van der Waals surface area contributed by atoms with Crippen molar-refractivity contribution in [2.75, 3.05) is 5.43 Å². The summed E-state index contributed by atoms with van der Waals surface area (Å²) in [6.07, 6.45) is 1.50. The van der Waals surface area contributed by atoms with Crippen molar-refractivity contribution >= 4 is 11.9 Å². The number of rotatable bonds is 3. The summed E-state index contributed by atoms with van der Waals surface area (Å²) in [5.74, 6) is -5.92. The van der Waals surface area contributed by atoms with Gasteiger partial charge in [0.2, 0.25) is 0 Å². The first-order valence-electron chi connectivity index (χ1n) is 7.88. The van der Waals surface area contributed by atoms with Crippen LogP contribution in [0.4, 0.5) is 23.2 Å². The molecule has 0 unspecified atom stereocenters. The van der Waals surface area contributed by atoms with E-state index in [1.807, 2.05) is 24.3 Å². The highest BCUT2D eigenvalue weighted by Gasteiger charge is 2.19. The van der Waals surface area contributed by atoms with Gasteiger partial charge in [0.15, 0.2) is 23.3 Å². The first-order chi connectivity index (χ1) is 12.5. The molecule has 0 aromatic heterocycles. The molecule has 0 aliphatic heterocycles. The van der Waals surface area contributed by atoms with Crippen LogP contribution in [-0.4, -0.2) is 6.21 Å². The molecule has 0 saturated heterocycles. The van der Waals surface area contributed by atoms with Gasteiger partial charge in [0.25, 0.3) is 0 Å². The molecule has 6 heteroatoms. The molecule has 26 heavy (non-hydrogen) atoms. The van der Waals surface area contributed by atoms with Crippen LogP contribution < -0.4 is 5.43 Å². The highest BCUT2D eigenvalue weighted by Crippen LogP contribution is 2.37. The summed E-state index contributed by atoms with van der Waals surface area (Å²) in [4.78, 5) is 0. The van der Waals surface area contributed by atoms with Crippen molar-refractivity contribution in [3.05, 3.63) is 88.5 Å². The van der Waals surface area contributed by atoms with E-state index in [0.29, 0.717) is 5.69 Å². The maximum absolute atomic E-state index is 13.6. The van der Waals surface area contributed by atoms with E-state index in [1.54, 1.807) is 6.07 Å². The topological polar surface area (TPSA) is 24.4 Å². The smallest absolute Gasteiger partial charge is 0.170 e. The Morgan fingerprint density at radius 2 is 1.50 bits per heavy atom. The van der Waals surface area contributed by atoms with Gasteiger partial charge in [-0.05, 0) is 40.8 Å². The summed E-state index contributed by atoms with van der Waals surface area (Å²) >= 11 is 0. The second-order valence-electron chi connectivity index (χ2n) is 5.96. The molecule has 0 fully saturated rings. The lowest BCUT2D eigenvalue weighted by molar-refractivity contribution is 0.452. The number of anilines is 1. The number of nitrogens with one attached hydrogen (secondary N) is 1. The molecule has 0 amide bonds. The van der Waals surface area contributed by atoms with Gasteiger partial charge in [0.1, 0.15) is 0 Å². The van der Waals surface area contributed by atoms with E-state index < -0.39 is 28.8 Å². The molecule has 0 bridgehead atoms. The number of benzene rings is 3. The standard InChI is InChI=1S/C20H12F4N2/c21-17-9-18(22)20(24)16(19(17)23)10-25-26-13-5-6-15-12(8-13)7-11-3-1-2-4-14(11)15/h1-6,8-10,26H,7H2/b25-10+. The molecule has 1 aliphatic carbocycles. The third-order valence-corrected chi connectivity index (χ3v) is 4.33. The summed E-state index contributed by atoms with van der Waals surface area (Å²) in [7, 11) is 0. The molecule has 0 atom stereocenters. The van der Waals surface area contributed by atoms with Gasteiger partial charge in [0.05, 0.1) is 17.5 Å². The largest absolute Gasteiger partial charge is 0.278 e. The van der Waals surface area contributed by atoms with Gasteiger partial charge in [-0.15, -0.1) is 0 Å². The lowest BCUT2D eigenvalue weighted by Crippen LogP contribution is -2.03. The van der Waals surface area contributed by atoms with E-state index in [1.165, 1.54) is 11.1 Å². The van der Waals surface area contributed by atoms with Crippen LogP contribution in [0.25, 0.3) is 11.1 Å². The van der Waals surface area contributed by atoms with Crippen molar-refractivity contribution in [2.24, 2.45) is 5.10 Å². The van der Waals surface area contributed by atoms with Crippen LogP contribution in [0.1, 0.15) is 16.7 Å². The normalized spacial score (nSPS) is 12.3. The van der Waals surface area contributed by atoms with E-state index in [4.69, 9.17) is 0 Å². The SMILES string of the molecule is Fc1cc(F)c(F)c(/C=N/Nc2ccc3c(c2)Cc2ccccc2-3)c1F. The fourth-order valence-electron chi connectivity index (χ4n) is 3.09. The zero-order valence-corrected chi connectivity index (χ0v) is 13.4. The zero-order chi connectivity index (χ0) is 18.3.